The normalized spacial score (nSPS) is 24.6. The number of hydrogen-bond donors (Lipinski definition) is 1. The summed E-state index contributed by atoms with van der Waals surface area (Å²) in [7, 11) is 0. The Hall–Kier alpha value is -1.44. The molecule has 24 heavy (non-hydrogen) atoms. The Morgan fingerprint density at radius 1 is 1.04 bits per heavy atom. The van der Waals surface area contributed by atoms with E-state index in [1.54, 1.807) is 0 Å². The van der Waals surface area contributed by atoms with E-state index in [4.69, 9.17) is 23.2 Å². The van der Waals surface area contributed by atoms with E-state index in [-0.39, 0.29) is 6.04 Å². The van der Waals surface area contributed by atoms with Crippen molar-refractivity contribution in [3.8, 4) is 0 Å². The van der Waals surface area contributed by atoms with E-state index < -0.39 is 0 Å². The molecule has 3 heteroatoms. The SMILES string of the molecule is CC(C)c1ccc2c(c1)[C@@H]1C=CC[C@@H]1[C@H](c1ccc(Cl)c(Cl)c1)N2. The molecule has 0 bridgehead atoms. The van der Waals surface area contributed by atoms with Crippen molar-refractivity contribution in [2.75, 3.05) is 5.32 Å². The molecular weight excluding hydrogens is 337 g/mol. The fourth-order valence-corrected chi connectivity index (χ4v) is 4.31. The quantitative estimate of drug-likeness (QED) is 0.573. The van der Waals surface area contributed by atoms with Crippen molar-refractivity contribution in [3.05, 3.63) is 75.3 Å². The zero-order valence-corrected chi connectivity index (χ0v) is 15.4. The Morgan fingerprint density at radius 3 is 2.62 bits per heavy atom. The molecular formula is C21H21Cl2N. The van der Waals surface area contributed by atoms with E-state index in [1.165, 1.54) is 22.4 Å². The molecule has 2 aromatic carbocycles. The smallest absolute Gasteiger partial charge is 0.0595 e. The van der Waals surface area contributed by atoms with Crippen molar-refractivity contribution in [1.82, 2.24) is 0 Å². The van der Waals surface area contributed by atoms with Crippen LogP contribution in [0.25, 0.3) is 0 Å². The van der Waals surface area contributed by atoms with Gasteiger partial charge in [-0.05, 0) is 53.1 Å². The van der Waals surface area contributed by atoms with Crippen molar-refractivity contribution in [3.63, 3.8) is 0 Å². The number of halogens is 2. The number of hydrogen-bond acceptors (Lipinski definition) is 1. The molecule has 3 atom stereocenters. The Morgan fingerprint density at radius 2 is 1.88 bits per heavy atom. The second-order valence-electron chi connectivity index (χ2n) is 7.15. The molecule has 0 saturated heterocycles. The molecule has 2 aliphatic rings. The Bertz CT molecular complexity index is 809. The molecule has 4 rings (SSSR count). The molecule has 0 saturated carbocycles. The minimum atomic E-state index is 0.261. The second-order valence-corrected chi connectivity index (χ2v) is 7.96. The molecule has 2 aromatic rings. The molecule has 124 valence electrons. The highest BCUT2D eigenvalue weighted by Gasteiger charge is 2.38. The molecule has 1 aliphatic heterocycles. The summed E-state index contributed by atoms with van der Waals surface area (Å²) in [6.45, 7) is 4.50. The molecule has 1 N–H and O–H groups in total. The van der Waals surface area contributed by atoms with E-state index >= 15 is 0 Å². The Kier molecular flexibility index (Phi) is 4.10. The Balaban J connectivity index is 1.76. The average molecular weight is 358 g/mol. The van der Waals surface area contributed by atoms with Crippen LogP contribution in [0.1, 0.15) is 54.8 Å². The molecule has 0 unspecified atom stereocenters. The van der Waals surface area contributed by atoms with Gasteiger partial charge < -0.3 is 5.32 Å². The van der Waals surface area contributed by atoms with Crippen LogP contribution in [0.4, 0.5) is 5.69 Å². The molecule has 0 aromatic heterocycles. The van der Waals surface area contributed by atoms with Gasteiger partial charge in [-0.3, -0.25) is 0 Å². The molecule has 0 amide bonds. The standard InChI is InChI=1S/C21H21Cl2N/c1-12(2)13-7-9-20-17(10-13)15-4-3-5-16(15)21(24-20)14-6-8-18(22)19(23)11-14/h3-4,6-12,15-16,21,24H,5H2,1-2H3/t15-,16+,21+/m1/s1. The lowest BCUT2D eigenvalue weighted by Crippen LogP contribution is -2.29. The minimum Gasteiger partial charge on any atom is -0.378 e. The fourth-order valence-electron chi connectivity index (χ4n) is 4.01. The predicted octanol–water partition coefficient (Wildman–Crippen LogP) is 6.94. The first-order chi connectivity index (χ1) is 11.5. The van der Waals surface area contributed by atoms with Crippen LogP contribution in [0.2, 0.25) is 10.0 Å². The highest BCUT2D eigenvalue weighted by Crippen LogP contribution is 2.50. The molecule has 0 fully saturated rings. The molecule has 0 radical (unpaired) electrons. The monoisotopic (exact) mass is 357 g/mol. The second kappa shape index (κ2) is 6.13. The van der Waals surface area contributed by atoms with Gasteiger partial charge in [-0.25, -0.2) is 0 Å². The first kappa shape index (κ1) is 16.1. The number of nitrogens with one attached hydrogen (secondary N) is 1. The summed E-state index contributed by atoms with van der Waals surface area (Å²) in [5, 5.41) is 4.99. The van der Waals surface area contributed by atoms with E-state index in [2.05, 4.69) is 55.6 Å². The molecule has 1 nitrogen and oxygen atoms in total. The van der Waals surface area contributed by atoms with Gasteiger partial charge in [0.05, 0.1) is 16.1 Å². The molecule has 1 heterocycles. The largest absolute Gasteiger partial charge is 0.378 e. The Labute approximate surface area is 153 Å². The van der Waals surface area contributed by atoms with E-state index in [0.29, 0.717) is 27.8 Å². The zero-order valence-electron chi connectivity index (χ0n) is 13.9. The third kappa shape index (κ3) is 2.64. The van der Waals surface area contributed by atoms with Crippen LogP contribution in [0.5, 0.6) is 0 Å². The van der Waals surface area contributed by atoms with Gasteiger partial charge in [-0.15, -0.1) is 0 Å². The number of fused-ring (bicyclic) bond motifs is 3. The zero-order chi connectivity index (χ0) is 16.8. The highest BCUT2D eigenvalue weighted by atomic mass is 35.5. The van der Waals surface area contributed by atoms with Gasteiger partial charge in [-0.2, -0.15) is 0 Å². The van der Waals surface area contributed by atoms with Gasteiger partial charge in [0.2, 0.25) is 0 Å². The van der Waals surface area contributed by atoms with Crippen LogP contribution < -0.4 is 5.32 Å². The summed E-state index contributed by atoms with van der Waals surface area (Å²) < 4.78 is 0. The number of benzene rings is 2. The van der Waals surface area contributed by atoms with Crippen molar-refractivity contribution in [2.24, 2.45) is 5.92 Å². The van der Waals surface area contributed by atoms with E-state index in [9.17, 15) is 0 Å². The van der Waals surface area contributed by atoms with Crippen LogP contribution in [0.15, 0.2) is 48.6 Å². The van der Waals surface area contributed by atoms with E-state index in [1.807, 2.05) is 12.1 Å². The first-order valence-electron chi connectivity index (χ1n) is 8.56. The lowest BCUT2D eigenvalue weighted by atomic mass is 9.76. The topological polar surface area (TPSA) is 12.0 Å². The third-order valence-electron chi connectivity index (χ3n) is 5.36. The van der Waals surface area contributed by atoms with Gasteiger partial charge >= 0.3 is 0 Å². The maximum Gasteiger partial charge on any atom is 0.0595 e. The average Bonchev–Trinajstić information content (AvgIpc) is 3.06. The van der Waals surface area contributed by atoms with Crippen LogP contribution in [-0.2, 0) is 0 Å². The van der Waals surface area contributed by atoms with Crippen LogP contribution in [-0.4, -0.2) is 0 Å². The summed E-state index contributed by atoms with van der Waals surface area (Å²) in [5.74, 6) is 1.54. The summed E-state index contributed by atoms with van der Waals surface area (Å²) in [6, 6.07) is 13.1. The fraction of sp³-hybridized carbons (Fsp3) is 0.333. The van der Waals surface area contributed by atoms with Gasteiger partial charge in [0.1, 0.15) is 0 Å². The van der Waals surface area contributed by atoms with Crippen molar-refractivity contribution >= 4 is 28.9 Å². The van der Waals surface area contributed by atoms with Crippen molar-refractivity contribution in [2.45, 2.75) is 38.1 Å². The van der Waals surface area contributed by atoms with Gasteiger partial charge in [0.25, 0.3) is 0 Å². The third-order valence-corrected chi connectivity index (χ3v) is 6.10. The number of allylic oxidation sites excluding steroid dienone is 2. The highest BCUT2D eigenvalue weighted by molar-refractivity contribution is 6.42. The lowest BCUT2D eigenvalue weighted by Gasteiger charge is -2.38. The number of anilines is 1. The summed E-state index contributed by atoms with van der Waals surface area (Å²) >= 11 is 12.4. The van der Waals surface area contributed by atoms with Crippen molar-refractivity contribution in [1.29, 1.82) is 0 Å². The van der Waals surface area contributed by atoms with Crippen LogP contribution in [0.3, 0.4) is 0 Å². The molecule has 1 aliphatic carbocycles. The van der Waals surface area contributed by atoms with Gasteiger partial charge in [0.15, 0.2) is 0 Å². The minimum absolute atomic E-state index is 0.261. The molecule has 0 spiro atoms. The summed E-state index contributed by atoms with van der Waals surface area (Å²) in [4.78, 5) is 0. The van der Waals surface area contributed by atoms with E-state index in [0.717, 1.165) is 6.42 Å². The number of rotatable bonds is 2. The predicted molar refractivity (Wildman–Crippen MR) is 103 cm³/mol. The first-order valence-corrected chi connectivity index (χ1v) is 9.32. The van der Waals surface area contributed by atoms with Crippen LogP contribution in [0, 0.1) is 5.92 Å². The van der Waals surface area contributed by atoms with Gasteiger partial charge in [-0.1, -0.05) is 67.4 Å². The van der Waals surface area contributed by atoms with Crippen molar-refractivity contribution < 1.29 is 0 Å². The lowest BCUT2D eigenvalue weighted by molar-refractivity contribution is 0.425. The maximum atomic E-state index is 6.26. The van der Waals surface area contributed by atoms with Crippen LogP contribution >= 0.6 is 23.2 Å². The maximum absolute atomic E-state index is 6.26. The summed E-state index contributed by atoms with van der Waals surface area (Å²) in [6.07, 6.45) is 5.78. The van der Waals surface area contributed by atoms with Gasteiger partial charge in [0, 0.05) is 11.6 Å². The summed E-state index contributed by atoms with van der Waals surface area (Å²) in [5.41, 5.74) is 5.28.